The average molecular weight is 167 g/mol. The summed E-state index contributed by atoms with van der Waals surface area (Å²) in [6, 6.07) is 0. The standard InChI is InChI=1S/C3HF6O/c4-1(2(5,6)7)3(8,9)10/h1H. The molecule has 1 atom stereocenters. The maximum Gasteiger partial charge on any atom is 0.428 e. The number of hydrogen-bond donors (Lipinski definition) is 0. The van der Waals surface area contributed by atoms with E-state index in [0.29, 0.717) is 0 Å². The molecule has 0 aromatic heterocycles. The van der Waals surface area contributed by atoms with E-state index in [0.717, 1.165) is 0 Å². The highest BCUT2D eigenvalue weighted by Crippen LogP contribution is 2.33. The molecule has 0 saturated heterocycles. The minimum atomic E-state index is -5.79. The van der Waals surface area contributed by atoms with E-state index < -0.39 is 18.5 Å². The van der Waals surface area contributed by atoms with Crippen LogP contribution < -0.4 is 0 Å². The lowest BCUT2D eigenvalue weighted by molar-refractivity contribution is -0.340. The third-order valence-corrected chi connectivity index (χ3v) is 0.582. The monoisotopic (exact) mass is 167 g/mol. The molecule has 1 unspecified atom stereocenters. The van der Waals surface area contributed by atoms with Gasteiger partial charge in [0.05, 0.1) is 0 Å². The molecule has 1 radical (unpaired) electrons. The van der Waals surface area contributed by atoms with Crippen molar-refractivity contribution in [2.75, 3.05) is 0 Å². The molecule has 10 heavy (non-hydrogen) atoms. The van der Waals surface area contributed by atoms with Crippen molar-refractivity contribution in [1.82, 2.24) is 0 Å². The van der Waals surface area contributed by atoms with Gasteiger partial charge in [-0.3, -0.25) is 0 Å². The van der Waals surface area contributed by atoms with Crippen LogP contribution in [0.25, 0.3) is 0 Å². The first kappa shape index (κ1) is 9.54. The maximum atomic E-state index is 11.2. The Labute approximate surface area is 51.3 Å². The van der Waals surface area contributed by atoms with E-state index in [2.05, 4.69) is 0 Å². The zero-order valence-corrected chi connectivity index (χ0v) is 4.25. The Hall–Kier alpha value is -0.460. The van der Waals surface area contributed by atoms with Gasteiger partial charge in [0.1, 0.15) is 0 Å². The molecule has 0 bridgehead atoms. The molecule has 0 aliphatic heterocycles. The van der Waals surface area contributed by atoms with Crippen LogP contribution in [0.1, 0.15) is 0 Å². The number of rotatable bonds is 1. The summed E-state index contributed by atoms with van der Waals surface area (Å²) >= 11 is 0. The Balaban J connectivity index is 4.23. The van der Waals surface area contributed by atoms with Gasteiger partial charge in [-0.05, 0) is 0 Å². The Morgan fingerprint density at radius 1 is 1.00 bits per heavy atom. The Morgan fingerprint density at radius 3 is 1.30 bits per heavy atom. The summed E-state index contributed by atoms with van der Waals surface area (Å²) in [6.45, 7) is 0. The highest BCUT2D eigenvalue weighted by Gasteiger charge is 2.57. The first-order valence-corrected chi connectivity index (χ1v) is 1.94. The lowest BCUT2D eigenvalue weighted by Crippen LogP contribution is -2.40. The lowest BCUT2D eigenvalue weighted by Gasteiger charge is -2.14. The Kier molecular flexibility index (Phi) is 2.19. The molecule has 0 aliphatic carbocycles. The molecule has 61 valence electrons. The third kappa shape index (κ3) is 2.42. The molecule has 0 N–H and O–H groups in total. The molecule has 1 nitrogen and oxygen atoms in total. The first-order chi connectivity index (χ1) is 4.15. The van der Waals surface area contributed by atoms with Gasteiger partial charge in [0, 0.05) is 0 Å². The van der Waals surface area contributed by atoms with Gasteiger partial charge in [-0.1, -0.05) is 0 Å². The van der Waals surface area contributed by atoms with Crippen LogP contribution in [0.4, 0.5) is 26.3 Å². The van der Waals surface area contributed by atoms with Crippen LogP contribution >= 0.6 is 0 Å². The van der Waals surface area contributed by atoms with Gasteiger partial charge in [-0.25, -0.2) is 4.39 Å². The number of hydrogen-bond acceptors (Lipinski definition) is 0. The van der Waals surface area contributed by atoms with Crippen molar-refractivity contribution in [3.05, 3.63) is 0 Å². The maximum absolute atomic E-state index is 11.2. The van der Waals surface area contributed by atoms with Gasteiger partial charge in [-0.15, -0.1) is 0 Å². The summed E-state index contributed by atoms with van der Waals surface area (Å²) in [5.74, 6) is 0. The molecule has 0 aromatic carbocycles. The molecule has 0 aliphatic rings. The second-order valence-electron chi connectivity index (χ2n) is 1.47. The fourth-order valence-electron chi connectivity index (χ4n) is 0.191. The molecule has 0 rings (SSSR count). The highest BCUT2D eigenvalue weighted by atomic mass is 19.4. The highest BCUT2D eigenvalue weighted by molar-refractivity contribution is 4.72. The van der Waals surface area contributed by atoms with Crippen molar-refractivity contribution in [3.8, 4) is 0 Å². The molecule has 0 saturated carbocycles. The lowest BCUT2D eigenvalue weighted by atomic mass is 10.3. The molecule has 0 fully saturated rings. The van der Waals surface area contributed by atoms with E-state index >= 15 is 0 Å². The van der Waals surface area contributed by atoms with E-state index in [1.165, 1.54) is 0 Å². The molecule has 7 heteroatoms. The SMILES string of the molecule is [O]C(F)(F)C(F)C(F)(F)F. The van der Waals surface area contributed by atoms with Crippen LogP contribution in [0.2, 0.25) is 0 Å². The van der Waals surface area contributed by atoms with Crippen molar-refractivity contribution >= 4 is 0 Å². The third-order valence-electron chi connectivity index (χ3n) is 0.582. The minimum absolute atomic E-state index is 4.62. The van der Waals surface area contributed by atoms with E-state index in [1.807, 2.05) is 0 Å². The molecular weight excluding hydrogens is 166 g/mol. The van der Waals surface area contributed by atoms with Crippen LogP contribution in [0.3, 0.4) is 0 Å². The fraction of sp³-hybridized carbons (Fsp3) is 1.00. The molecule has 0 amide bonds. The summed E-state index contributed by atoms with van der Waals surface area (Å²) in [5, 5.41) is 9.02. The zero-order chi connectivity index (χ0) is 8.58. The summed E-state index contributed by atoms with van der Waals surface area (Å²) in [7, 11) is 0. The smallest absolute Gasteiger partial charge is 0.227 e. The Morgan fingerprint density at radius 2 is 1.30 bits per heavy atom. The topological polar surface area (TPSA) is 19.9 Å². The summed E-state index contributed by atoms with van der Waals surface area (Å²) in [5.41, 5.74) is 0. The van der Waals surface area contributed by atoms with Crippen molar-refractivity contribution in [3.63, 3.8) is 0 Å². The van der Waals surface area contributed by atoms with Crippen LogP contribution in [-0.4, -0.2) is 18.5 Å². The van der Waals surface area contributed by atoms with Gasteiger partial charge in [0.2, 0.25) is 0 Å². The number of alkyl halides is 6. The van der Waals surface area contributed by atoms with Crippen LogP contribution in [0.15, 0.2) is 0 Å². The van der Waals surface area contributed by atoms with Crippen LogP contribution in [-0.2, 0) is 5.11 Å². The predicted octanol–water partition coefficient (Wildman–Crippen LogP) is 1.91. The second-order valence-corrected chi connectivity index (χ2v) is 1.47. The van der Waals surface area contributed by atoms with Gasteiger partial charge < -0.3 is 0 Å². The van der Waals surface area contributed by atoms with Crippen molar-refractivity contribution < 1.29 is 31.4 Å². The summed E-state index contributed by atoms with van der Waals surface area (Å²) in [4.78, 5) is 0. The normalized spacial score (nSPS) is 17.1. The average Bonchev–Trinajstić information content (AvgIpc) is 1.59. The largest absolute Gasteiger partial charge is 0.428 e. The van der Waals surface area contributed by atoms with Gasteiger partial charge in [0.15, 0.2) is 0 Å². The molecule has 0 spiro atoms. The van der Waals surface area contributed by atoms with Gasteiger partial charge >= 0.3 is 12.3 Å². The molecule has 0 aromatic rings. The summed E-state index contributed by atoms with van der Waals surface area (Å²) in [6.07, 6.45) is -16.0. The van der Waals surface area contributed by atoms with Crippen molar-refractivity contribution in [2.45, 2.75) is 18.5 Å². The first-order valence-electron chi connectivity index (χ1n) is 1.94. The summed E-state index contributed by atoms with van der Waals surface area (Å²) < 4.78 is 65.8. The quantitative estimate of drug-likeness (QED) is 0.531. The van der Waals surface area contributed by atoms with Crippen molar-refractivity contribution in [1.29, 1.82) is 0 Å². The Bertz CT molecular complexity index is 97.1. The van der Waals surface area contributed by atoms with E-state index in [4.69, 9.17) is 5.11 Å². The van der Waals surface area contributed by atoms with Gasteiger partial charge in [0.25, 0.3) is 6.17 Å². The van der Waals surface area contributed by atoms with Gasteiger partial charge in [-0.2, -0.15) is 27.1 Å². The van der Waals surface area contributed by atoms with Crippen LogP contribution in [0, 0.1) is 0 Å². The van der Waals surface area contributed by atoms with E-state index in [9.17, 15) is 26.3 Å². The van der Waals surface area contributed by atoms with Crippen molar-refractivity contribution in [2.24, 2.45) is 0 Å². The number of halogens is 6. The van der Waals surface area contributed by atoms with Crippen LogP contribution in [0.5, 0.6) is 0 Å². The second kappa shape index (κ2) is 2.30. The van der Waals surface area contributed by atoms with E-state index in [1.54, 1.807) is 0 Å². The predicted molar refractivity (Wildman–Crippen MR) is 16.6 cm³/mol. The fourth-order valence-corrected chi connectivity index (χ4v) is 0.191. The zero-order valence-electron chi connectivity index (χ0n) is 4.25. The molecule has 0 heterocycles. The molecular formula is C3HF6O. The van der Waals surface area contributed by atoms with E-state index in [-0.39, 0.29) is 0 Å². The minimum Gasteiger partial charge on any atom is -0.227 e.